The van der Waals surface area contributed by atoms with E-state index in [2.05, 4.69) is 27.2 Å². The summed E-state index contributed by atoms with van der Waals surface area (Å²) in [5.41, 5.74) is 7.68. The van der Waals surface area contributed by atoms with Crippen molar-refractivity contribution in [2.45, 2.75) is 19.4 Å². The molecule has 1 saturated heterocycles. The number of aromatic nitrogens is 1. The first kappa shape index (κ1) is 18.3. The first-order valence-electron chi connectivity index (χ1n) is 8.06. The molecule has 2 rings (SSSR count). The van der Waals surface area contributed by atoms with Gasteiger partial charge in [0.05, 0.1) is 12.3 Å². The number of rotatable bonds is 9. The average molecular weight is 341 g/mol. The van der Waals surface area contributed by atoms with Crippen molar-refractivity contribution in [1.29, 1.82) is 0 Å². The molecule has 7 nitrogen and oxygen atoms in total. The van der Waals surface area contributed by atoms with Crippen LogP contribution in [0.15, 0.2) is 24.5 Å². The Bertz CT molecular complexity index is 566. The van der Waals surface area contributed by atoms with Crippen LogP contribution in [0.3, 0.4) is 0 Å². The minimum atomic E-state index is -3.08. The molecule has 23 heavy (non-hydrogen) atoms. The molecule has 0 aliphatic carbocycles. The van der Waals surface area contributed by atoms with E-state index in [0.29, 0.717) is 19.0 Å². The van der Waals surface area contributed by atoms with Gasteiger partial charge in [-0.25, -0.2) is 18.1 Å². The molecule has 1 aromatic heterocycles. The number of pyridine rings is 1. The van der Waals surface area contributed by atoms with Gasteiger partial charge in [-0.2, -0.15) is 0 Å². The summed E-state index contributed by atoms with van der Waals surface area (Å²) in [7, 11) is -3.08. The Labute approximate surface area is 138 Å². The van der Waals surface area contributed by atoms with E-state index < -0.39 is 10.0 Å². The summed E-state index contributed by atoms with van der Waals surface area (Å²) in [6.45, 7) is 5.54. The summed E-state index contributed by atoms with van der Waals surface area (Å²) in [6, 6.07) is 4.28. The van der Waals surface area contributed by atoms with E-state index in [-0.39, 0.29) is 6.04 Å². The summed E-state index contributed by atoms with van der Waals surface area (Å²) in [5, 5.41) is 3.44. The Morgan fingerprint density at radius 2 is 2.30 bits per heavy atom. The van der Waals surface area contributed by atoms with Crippen molar-refractivity contribution in [2.24, 2.45) is 5.92 Å². The average Bonchev–Trinajstić information content (AvgIpc) is 2.99. The Morgan fingerprint density at radius 1 is 1.48 bits per heavy atom. The Kier molecular flexibility index (Phi) is 6.91. The van der Waals surface area contributed by atoms with Gasteiger partial charge in [0, 0.05) is 44.5 Å². The molecule has 1 aromatic rings. The lowest BCUT2D eigenvalue weighted by atomic mass is 9.96. The lowest BCUT2D eigenvalue weighted by Crippen LogP contribution is -2.34. The van der Waals surface area contributed by atoms with E-state index in [1.165, 1.54) is 16.1 Å². The highest BCUT2D eigenvalue weighted by Crippen LogP contribution is 2.23. The highest BCUT2D eigenvalue weighted by atomic mass is 32.2. The Balaban J connectivity index is 1.72. The largest absolute Gasteiger partial charge is 0.316 e. The maximum atomic E-state index is 11.5. The fourth-order valence-electron chi connectivity index (χ4n) is 2.87. The van der Waals surface area contributed by atoms with Gasteiger partial charge in [0.2, 0.25) is 10.0 Å². The third-order valence-electron chi connectivity index (χ3n) is 4.13. The van der Waals surface area contributed by atoms with Crippen molar-refractivity contribution >= 4 is 10.0 Å². The molecule has 1 fully saturated rings. The van der Waals surface area contributed by atoms with Crippen LogP contribution in [0, 0.1) is 5.92 Å². The quantitative estimate of drug-likeness (QED) is 0.553. The monoisotopic (exact) mass is 341 g/mol. The van der Waals surface area contributed by atoms with E-state index in [4.69, 9.17) is 0 Å². The number of hydrogen-bond acceptors (Lipinski definition) is 6. The van der Waals surface area contributed by atoms with Crippen molar-refractivity contribution < 1.29 is 8.42 Å². The fraction of sp³-hybridized carbons (Fsp3) is 0.667. The lowest BCUT2D eigenvalue weighted by Gasteiger charge is -2.20. The van der Waals surface area contributed by atoms with Gasteiger partial charge in [-0.1, -0.05) is 13.0 Å². The second kappa shape index (κ2) is 8.70. The Morgan fingerprint density at radius 3 is 2.96 bits per heavy atom. The van der Waals surface area contributed by atoms with E-state index in [1.807, 2.05) is 19.2 Å². The van der Waals surface area contributed by atoms with Gasteiger partial charge in [-0.15, -0.1) is 0 Å². The van der Waals surface area contributed by atoms with Gasteiger partial charge in [0.25, 0.3) is 0 Å². The van der Waals surface area contributed by atoms with Gasteiger partial charge in [-0.3, -0.25) is 10.4 Å². The predicted molar refractivity (Wildman–Crippen MR) is 91.2 cm³/mol. The first-order valence-corrected chi connectivity index (χ1v) is 9.91. The highest BCUT2D eigenvalue weighted by molar-refractivity contribution is 7.88. The molecule has 0 spiro atoms. The van der Waals surface area contributed by atoms with Crippen molar-refractivity contribution in [3.63, 3.8) is 0 Å². The molecule has 2 unspecified atom stereocenters. The summed E-state index contributed by atoms with van der Waals surface area (Å²) in [4.78, 5) is 4.17. The van der Waals surface area contributed by atoms with Crippen LogP contribution < -0.4 is 16.2 Å². The van der Waals surface area contributed by atoms with Crippen LogP contribution in [-0.2, 0) is 10.0 Å². The highest BCUT2D eigenvalue weighted by Gasteiger charge is 2.27. The molecule has 2 atom stereocenters. The van der Waals surface area contributed by atoms with Gasteiger partial charge in [0.15, 0.2) is 0 Å². The van der Waals surface area contributed by atoms with Gasteiger partial charge in [-0.05, 0) is 24.6 Å². The maximum absolute atomic E-state index is 11.5. The van der Waals surface area contributed by atoms with E-state index in [0.717, 1.165) is 26.1 Å². The molecule has 130 valence electrons. The fourth-order valence-corrected chi connectivity index (χ4v) is 3.80. The van der Waals surface area contributed by atoms with Crippen LogP contribution in [0.5, 0.6) is 0 Å². The molecule has 0 aromatic carbocycles. The minimum Gasteiger partial charge on any atom is -0.316 e. The van der Waals surface area contributed by atoms with Gasteiger partial charge < -0.3 is 5.32 Å². The smallest absolute Gasteiger partial charge is 0.211 e. The molecular formula is C15H27N5O2S. The van der Waals surface area contributed by atoms with Crippen LogP contribution in [0.1, 0.15) is 24.9 Å². The summed E-state index contributed by atoms with van der Waals surface area (Å²) in [6.07, 6.45) is 5.74. The molecule has 8 heteroatoms. The number of hydrogen-bond donors (Lipinski definition) is 3. The Hall–Kier alpha value is -1.06. The zero-order valence-corrected chi connectivity index (χ0v) is 14.6. The molecule has 1 aliphatic heterocycles. The molecule has 2 heterocycles. The summed E-state index contributed by atoms with van der Waals surface area (Å²) < 4.78 is 24.5. The van der Waals surface area contributed by atoms with Gasteiger partial charge >= 0.3 is 0 Å². The molecule has 1 aliphatic rings. The lowest BCUT2D eigenvalue weighted by molar-refractivity contribution is 0.403. The zero-order valence-electron chi connectivity index (χ0n) is 13.8. The third kappa shape index (κ3) is 5.50. The molecule has 0 amide bonds. The maximum Gasteiger partial charge on any atom is 0.211 e. The topological polar surface area (TPSA) is 86.4 Å². The van der Waals surface area contributed by atoms with E-state index >= 15 is 0 Å². The van der Waals surface area contributed by atoms with E-state index in [1.54, 1.807) is 6.20 Å². The van der Waals surface area contributed by atoms with Crippen LogP contribution >= 0.6 is 0 Å². The summed E-state index contributed by atoms with van der Waals surface area (Å²) >= 11 is 0. The first-order chi connectivity index (χ1) is 11.0. The summed E-state index contributed by atoms with van der Waals surface area (Å²) in [5.74, 6) is 0.441. The van der Waals surface area contributed by atoms with E-state index in [9.17, 15) is 8.42 Å². The minimum absolute atomic E-state index is 0.249. The molecule has 0 saturated carbocycles. The standard InChI is InChI=1S/C15H27N5O2S/c1-3-20(23(2,21)22)9-5-8-17-11-14-12-18-19-15(14)13-6-4-7-16-10-13/h4,6-7,10,14-15,17-19H,3,5,8-9,11-12H2,1-2H3. The van der Waals surface area contributed by atoms with Crippen molar-refractivity contribution in [2.75, 3.05) is 39.0 Å². The van der Waals surface area contributed by atoms with Crippen molar-refractivity contribution in [3.8, 4) is 0 Å². The van der Waals surface area contributed by atoms with Crippen molar-refractivity contribution in [3.05, 3.63) is 30.1 Å². The molecule has 3 N–H and O–H groups in total. The predicted octanol–water partition coefficient (Wildman–Crippen LogP) is 0.108. The second-order valence-corrected chi connectivity index (χ2v) is 7.84. The van der Waals surface area contributed by atoms with Crippen LogP contribution in [0.4, 0.5) is 0 Å². The molecular weight excluding hydrogens is 314 g/mol. The molecule has 0 bridgehead atoms. The SMILES string of the molecule is CCN(CCCNCC1CNNC1c1cccnc1)S(C)(=O)=O. The normalized spacial score (nSPS) is 21.9. The number of nitrogens with one attached hydrogen (secondary N) is 3. The number of nitrogens with zero attached hydrogens (tertiary/aromatic N) is 2. The van der Waals surface area contributed by atoms with Crippen LogP contribution in [-0.4, -0.2) is 56.7 Å². The van der Waals surface area contributed by atoms with Crippen LogP contribution in [0.25, 0.3) is 0 Å². The van der Waals surface area contributed by atoms with Crippen LogP contribution in [0.2, 0.25) is 0 Å². The molecule has 0 radical (unpaired) electrons. The van der Waals surface area contributed by atoms with Gasteiger partial charge in [0.1, 0.15) is 0 Å². The number of sulfonamides is 1. The number of hydrazine groups is 1. The second-order valence-electron chi connectivity index (χ2n) is 5.86. The van der Waals surface area contributed by atoms with Crippen molar-refractivity contribution in [1.82, 2.24) is 25.5 Å². The third-order valence-corrected chi connectivity index (χ3v) is 5.50. The zero-order chi connectivity index (χ0) is 16.7.